The molecule has 4 rings (SSSR count). The molecular formula is C26H24FN3O4. The van der Waals surface area contributed by atoms with E-state index >= 15 is 0 Å². The zero-order valence-electron chi connectivity index (χ0n) is 18.4. The molecule has 3 aromatic rings. The van der Waals surface area contributed by atoms with E-state index < -0.39 is 23.5 Å². The van der Waals surface area contributed by atoms with Gasteiger partial charge >= 0.3 is 0 Å². The van der Waals surface area contributed by atoms with Crippen LogP contribution in [0.25, 0.3) is 5.76 Å². The minimum atomic E-state index is -0.907. The second-order valence-corrected chi connectivity index (χ2v) is 7.83. The maximum Gasteiger partial charge on any atom is 0.295 e. The van der Waals surface area contributed by atoms with Crippen molar-refractivity contribution in [2.24, 2.45) is 0 Å². The molecule has 0 spiro atoms. The van der Waals surface area contributed by atoms with E-state index in [0.29, 0.717) is 36.4 Å². The molecule has 1 aliphatic rings. The minimum Gasteiger partial charge on any atom is -0.507 e. The molecule has 34 heavy (non-hydrogen) atoms. The van der Waals surface area contributed by atoms with Crippen LogP contribution in [-0.2, 0) is 16.1 Å². The van der Waals surface area contributed by atoms with Gasteiger partial charge in [0.2, 0.25) is 0 Å². The van der Waals surface area contributed by atoms with Crippen LogP contribution in [0.15, 0.2) is 85.5 Å². The second-order valence-electron chi connectivity index (χ2n) is 7.83. The molecule has 1 saturated heterocycles. The number of hydrogen-bond acceptors (Lipinski definition) is 5. The van der Waals surface area contributed by atoms with E-state index in [4.69, 9.17) is 4.74 Å². The van der Waals surface area contributed by atoms with Gasteiger partial charge in [0, 0.05) is 31.0 Å². The number of likely N-dealkylation sites (tertiary alicyclic amines) is 1. The summed E-state index contributed by atoms with van der Waals surface area (Å²) in [5.41, 5.74) is 0.691. The van der Waals surface area contributed by atoms with Crippen molar-refractivity contribution >= 4 is 17.4 Å². The van der Waals surface area contributed by atoms with E-state index in [-0.39, 0.29) is 17.9 Å². The van der Waals surface area contributed by atoms with Crippen molar-refractivity contribution in [1.29, 1.82) is 0 Å². The summed E-state index contributed by atoms with van der Waals surface area (Å²) in [4.78, 5) is 31.4. The van der Waals surface area contributed by atoms with Gasteiger partial charge in [0.15, 0.2) is 0 Å². The third-order valence-corrected chi connectivity index (χ3v) is 5.57. The fourth-order valence-electron chi connectivity index (χ4n) is 4.00. The number of hydrogen-bond donors (Lipinski definition) is 1. The number of Topliss-reactive ketones (excluding diaryl/α,β-unsaturated/α-hetero) is 1. The molecular weight excluding hydrogens is 437 g/mol. The van der Waals surface area contributed by atoms with Crippen molar-refractivity contribution in [3.63, 3.8) is 0 Å². The van der Waals surface area contributed by atoms with E-state index in [0.717, 1.165) is 0 Å². The lowest BCUT2D eigenvalue weighted by Crippen LogP contribution is -2.31. The van der Waals surface area contributed by atoms with Gasteiger partial charge in [-0.2, -0.15) is 0 Å². The number of aromatic nitrogens is 2. The number of amides is 1. The Morgan fingerprint density at radius 1 is 1.18 bits per heavy atom. The predicted octanol–water partition coefficient (Wildman–Crippen LogP) is 4.10. The van der Waals surface area contributed by atoms with Crippen molar-refractivity contribution in [2.75, 3.05) is 13.2 Å². The summed E-state index contributed by atoms with van der Waals surface area (Å²) in [5.74, 6) is -1.78. The fraction of sp³-hybridized carbons (Fsp3) is 0.192. The van der Waals surface area contributed by atoms with E-state index in [2.05, 4.69) is 11.6 Å². The number of carbonyl (C=O) groups is 2. The van der Waals surface area contributed by atoms with Crippen LogP contribution >= 0.6 is 0 Å². The summed E-state index contributed by atoms with van der Waals surface area (Å²) in [6.07, 6.45) is 7.29. The Morgan fingerprint density at radius 3 is 2.65 bits per heavy atom. The smallest absolute Gasteiger partial charge is 0.295 e. The Bertz CT molecular complexity index is 1220. The number of benzene rings is 2. The molecule has 1 N–H and O–H groups in total. The Labute approximate surface area is 196 Å². The first kappa shape index (κ1) is 23.0. The van der Waals surface area contributed by atoms with Crippen LogP contribution in [0.1, 0.15) is 23.6 Å². The van der Waals surface area contributed by atoms with Crippen LogP contribution in [0, 0.1) is 5.82 Å². The lowest BCUT2D eigenvalue weighted by atomic mass is 9.95. The van der Waals surface area contributed by atoms with Gasteiger partial charge in [-0.1, -0.05) is 24.8 Å². The van der Waals surface area contributed by atoms with Crippen molar-refractivity contribution in [2.45, 2.75) is 19.0 Å². The molecule has 8 heteroatoms. The third-order valence-electron chi connectivity index (χ3n) is 5.57. The molecule has 7 nitrogen and oxygen atoms in total. The number of rotatable bonds is 9. The minimum absolute atomic E-state index is 0.0713. The van der Waals surface area contributed by atoms with E-state index in [1.807, 2.05) is 4.57 Å². The quantitative estimate of drug-likeness (QED) is 0.225. The van der Waals surface area contributed by atoms with E-state index in [1.165, 1.54) is 23.1 Å². The summed E-state index contributed by atoms with van der Waals surface area (Å²) >= 11 is 0. The number of aliphatic hydroxyl groups is 1. The highest BCUT2D eigenvalue weighted by Crippen LogP contribution is 2.39. The first-order valence-corrected chi connectivity index (χ1v) is 10.8. The Kier molecular flexibility index (Phi) is 6.87. The van der Waals surface area contributed by atoms with Crippen LogP contribution in [0.4, 0.5) is 4.39 Å². The first-order valence-electron chi connectivity index (χ1n) is 10.8. The SMILES string of the molecule is C=CCOc1ccc(C(O)=C2C(=O)C(=O)N(CCCn3ccnc3)[C@@H]2c2cccc(F)c2)cc1. The molecule has 174 valence electrons. The largest absolute Gasteiger partial charge is 0.507 e. The standard InChI is InChI=1S/C26H24FN3O4/c1-2-15-34-21-9-7-18(8-10-21)24(31)22-23(19-5-3-6-20(27)16-19)30(26(33)25(22)32)13-4-12-29-14-11-28-17-29/h2-3,5-11,14,16-17,23,31H,1,4,12-13,15H2/t23-/m1/s1. The Balaban J connectivity index is 1.69. The monoisotopic (exact) mass is 461 g/mol. The number of aliphatic hydroxyl groups excluding tert-OH is 1. The molecule has 2 heterocycles. The lowest BCUT2D eigenvalue weighted by molar-refractivity contribution is -0.139. The molecule has 0 saturated carbocycles. The van der Waals surface area contributed by atoms with Gasteiger partial charge in [-0.15, -0.1) is 0 Å². The normalized spacial score (nSPS) is 17.2. The van der Waals surface area contributed by atoms with E-state index in [9.17, 15) is 19.1 Å². The first-order chi connectivity index (χ1) is 16.5. The number of nitrogens with zero attached hydrogens (tertiary/aromatic N) is 3. The molecule has 0 aliphatic carbocycles. The summed E-state index contributed by atoms with van der Waals surface area (Å²) in [5, 5.41) is 11.1. The number of imidazole rings is 1. The molecule has 1 amide bonds. The second kappa shape index (κ2) is 10.2. The van der Waals surface area contributed by atoms with Crippen molar-refractivity contribution < 1.29 is 23.8 Å². The maximum atomic E-state index is 14.1. The van der Waals surface area contributed by atoms with Crippen molar-refractivity contribution in [3.8, 4) is 5.75 Å². The highest BCUT2D eigenvalue weighted by atomic mass is 19.1. The average molecular weight is 461 g/mol. The highest BCUT2D eigenvalue weighted by Gasteiger charge is 2.45. The molecule has 1 fully saturated rings. The number of aryl methyl sites for hydroxylation is 1. The van der Waals surface area contributed by atoms with Gasteiger partial charge in [0.05, 0.1) is 17.9 Å². The van der Waals surface area contributed by atoms with Gasteiger partial charge in [-0.25, -0.2) is 9.37 Å². The van der Waals surface area contributed by atoms with Crippen LogP contribution < -0.4 is 4.74 Å². The summed E-state index contributed by atoms with van der Waals surface area (Å²) in [6, 6.07) is 11.3. The summed E-state index contributed by atoms with van der Waals surface area (Å²) in [7, 11) is 0. The number of halogens is 1. The summed E-state index contributed by atoms with van der Waals surface area (Å²) < 4.78 is 21.4. The van der Waals surface area contributed by atoms with Gasteiger partial charge in [0.1, 0.15) is 23.9 Å². The lowest BCUT2D eigenvalue weighted by Gasteiger charge is -2.25. The third kappa shape index (κ3) is 4.76. The molecule has 0 radical (unpaired) electrons. The van der Waals surface area contributed by atoms with Crippen molar-refractivity contribution in [1.82, 2.24) is 14.5 Å². The average Bonchev–Trinajstić information content (AvgIpc) is 3.45. The van der Waals surface area contributed by atoms with Crippen LogP contribution in [0.3, 0.4) is 0 Å². The molecule has 0 unspecified atom stereocenters. The van der Waals surface area contributed by atoms with Gasteiger partial charge in [0.25, 0.3) is 11.7 Å². The Hall–Kier alpha value is -4.20. The highest BCUT2D eigenvalue weighted by molar-refractivity contribution is 6.46. The maximum absolute atomic E-state index is 14.1. The molecule has 1 aromatic heterocycles. The van der Waals surface area contributed by atoms with Gasteiger partial charge in [-0.3, -0.25) is 9.59 Å². The van der Waals surface area contributed by atoms with Crippen molar-refractivity contribution in [3.05, 3.63) is 102 Å². The number of ketones is 1. The van der Waals surface area contributed by atoms with Gasteiger partial charge in [-0.05, 0) is 48.4 Å². The molecule has 2 aromatic carbocycles. The van der Waals surface area contributed by atoms with Gasteiger partial charge < -0.3 is 19.3 Å². The fourth-order valence-corrected chi connectivity index (χ4v) is 4.00. The molecule has 1 aliphatic heterocycles. The van der Waals surface area contributed by atoms with E-state index in [1.54, 1.807) is 55.1 Å². The zero-order valence-corrected chi connectivity index (χ0v) is 18.4. The summed E-state index contributed by atoms with van der Waals surface area (Å²) in [6.45, 7) is 4.76. The number of ether oxygens (including phenoxy) is 1. The van der Waals surface area contributed by atoms with Crippen LogP contribution in [0.5, 0.6) is 5.75 Å². The van der Waals surface area contributed by atoms with Crippen LogP contribution in [-0.4, -0.2) is 44.4 Å². The predicted molar refractivity (Wildman–Crippen MR) is 124 cm³/mol. The molecule has 0 bridgehead atoms. The molecule has 1 atom stereocenters. The topological polar surface area (TPSA) is 84.7 Å². The Morgan fingerprint density at radius 2 is 1.97 bits per heavy atom. The zero-order chi connectivity index (χ0) is 24.1. The number of carbonyl (C=O) groups excluding carboxylic acids is 2. The van der Waals surface area contributed by atoms with Crippen LogP contribution in [0.2, 0.25) is 0 Å².